The number of hydrogen-bond acceptors (Lipinski definition) is 5. The van der Waals surface area contributed by atoms with E-state index in [2.05, 4.69) is 10.6 Å². The predicted octanol–water partition coefficient (Wildman–Crippen LogP) is 1.25. The van der Waals surface area contributed by atoms with Crippen LogP contribution >= 0.6 is 0 Å². The number of aryl methyl sites for hydroxylation is 1. The van der Waals surface area contributed by atoms with E-state index in [1.54, 1.807) is 26.0 Å². The third kappa shape index (κ3) is 3.80. The highest BCUT2D eigenvalue weighted by Crippen LogP contribution is 2.24. The van der Waals surface area contributed by atoms with E-state index in [1.165, 1.54) is 6.08 Å². The van der Waals surface area contributed by atoms with E-state index < -0.39 is 11.8 Å². The first-order valence-electron chi connectivity index (χ1n) is 7.70. The monoisotopic (exact) mass is 331 g/mol. The molecule has 7 heteroatoms. The first kappa shape index (κ1) is 17.7. The summed E-state index contributed by atoms with van der Waals surface area (Å²) in [7, 11) is 0. The first-order valence-corrected chi connectivity index (χ1v) is 7.70. The molecule has 24 heavy (non-hydrogen) atoms. The van der Waals surface area contributed by atoms with Crippen molar-refractivity contribution in [2.75, 3.05) is 23.8 Å². The summed E-state index contributed by atoms with van der Waals surface area (Å²) in [6, 6.07) is 5.29. The summed E-state index contributed by atoms with van der Waals surface area (Å²) in [6.45, 7) is 5.12. The van der Waals surface area contributed by atoms with Crippen LogP contribution in [-0.4, -0.2) is 40.9 Å². The second-order valence-electron chi connectivity index (χ2n) is 5.88. The van der Waals surface area contributed by atoms with Crippen LogP contribution in [0.3, 0.4) is 0 Å². The second-order valence-corrected chi connectivity index (χ2v) is 5.88. The van der Waals surface area contributed by atoms with E-state index in [0.29, 0.717) is 11.4 Å². The van der Waals surface area contributed by atoms with Gasteiger partial charge in [-0.2, -0.15) is 0 Å². The van der Waals surface area contributed by atoms with Gasteiger partial charge >= 0.3 is 0 Å². The zero-order valence-electron chi connectivity index (χ0n) is 13.9. The zero-order valence-corrected chi connectivity index (χ0v) is 13.9. The molecule has 0 bridgehead atoms. The van der Waals surface area contributed by atoms with Crippen molar-refractivity contribution in [1.29, 1.82) is 0 Å². The molecule has 0 radical (unpaired) electrons. The maximum Gasteiger partial charge on any atom is 0.277 e. The van der Waals surface area contributed by atoms with E-state index in [-0.39, 0.29) is 30.7 Å². The summed E-state index contributed by atoms with van der Waals surface area (Å²) in [4.78, 5) is 36.7. The van der Waals surface area contributed by atoms with Crippen molar-refractivity contribution in [2.45, 2.75) is 20.8 Å². The third-order valence-electron chi connectivity index (χ3n) is 3.63. The Bertz CT molecular complexity index is 710. The van der Waals surface area contributed by atoms with Crippen LogP contribution in [0.15, 0.2) is 30.0 Å². The van der Waals surface area contributed by atoms with E-state index in [4.69, 9.17) is 5.11 Å². The van der Waals surface area contributed by atoms with Gasteiger partial charge in [0.2, 0.25) is 5.91 Å². The van der Waals surface area contributed by atoms with E-state index in [9.17, 15) is 14.4 Å². The predicted molar refractivity (Wildman–Crippen MR) is 90.2 cm³/mol. The molecule has 7 nitrogen and oxygen atoms in total. The van der Waals surface area contributed by atoms with Gasteiger partial charge in [0.15, 0.2) is 0 Å². The van der Waals surface area contributed by atoms with Crippen LogP contribution in [0.25, 0.3) is 0 Å². The molecule has 0 spiro atoms. The molecule has 0 atom stereocenters. The van der Waals surface area contributed by atoms with Gasteiger partial charge in [0.05, 0.1) is 13.2 Å². The summed E-state index contributed by atoms with van der Waals surface area (Å²) < 4.78 is 0. The Morgan fingerprint density at radius 3 is 2.62 bits per heavy atom. The SMILES string of the molecule is Cc1ccc(NC(=O)C(C)C)cc1NC1=CC(=O)N(CCO)C1=O. The molecule has 1 heterocycles. The standard InChI is InChI=1S/C17H21N3O4/c1-10(2)16(23)18-12-5-4-11(3)13(8-12)19-14-9-15(22)20(6-7-21)17(14)24/h4-5,8-10,19,21H,6-7H2,1-3H3,(H,18,23). The molecule has 3 amide bonds. The van der Waals surface area contributed by atoms with Gasteiger partial charge < -0.3 is 15.7 Å². The number of nitrogens with one attached hydrogen (secondary N) is 2. The van der Waals surface area contributed by atoms with E-state index in [1.807, 2.05) is 13.0 Å². The van der Waals surface area contributed by atoms with Crippen LogP contribution in [-0.2, 0) is 14.4 Å². The van der Waals surface area contributed by atoms with Crippen LogP contribution in [0, 0.1) is 12.8 Å². The summed E-state index contributed by atoms with van der Waals surface area (Å²) in [5, 5.41) is 14.6. The van der Waals surface area contributed by atoms with Crippen LogP contribution in [0.2, 0.25) is 0 Å². The minimum atomic E-state index is -0.481. The van der Waals surface area contributed by atoms with Gasteiger partial charge in [0.1, 0.15) is 5.70 Å². The molecule has 3 N–H and O–H groups in total. The number of amides is 3. The average Bonchev–Trinajstić information content (AvgIpc) is 2.78. The zero-order chi connectivity index (χ0) is 17.9. The quantitative estimate of drug-likeness (QED) is 0.681. The number of imide groups is 1. The number of β-amino-alcohol motifs (C(OH)–C–C–N with tert-alkyl or cyclic N) is 1. The fourth-order valence-electron chi connectivity index (χ4n) is 2.18. The summed E-state index contributed by atoms with van der Waals surface area (Å²) in [5.41, 5.74) is 2.23. The molecular formula is C17H21N3O4. The normalized spacial score (nSPS) is 14.2. The van der Waals surface area contributed by atoms with Crippen LogP contribution < -0.4 is 10.6 Å². The molecule has 0 saturated heterocycles. The lowest BCUT2D eigenvalue weighted by atomic mass is 10.1. The van der Waals surface area contributed by atoms with Crippen molar-refractivity contribution in [2.24, 2.45) is 5.92 Å². The molecule has 0 saturated carbocycles. The number of benzene rings is 1. The maximum absolute atomic E-state index is 12.2. The number of anilines is 2. The number of aliphatic hydroxyl groups is 1. The average molecular weight is 331 g/mol. The first-order chi connectivity index (χ1) is 11.3. The molecule has 1 aliphatic heterocycles. The molecule has 1 aromatic carbocycles. The second kappa shape index (κ2) is 7.27. The fourth-order valence-corrected chi connectivity index (χ4v) is 2.18. The molecule has 1 aromatic rings. The van der Waals surface area contributed by atoms with Gasteiger partial charge in [-0.3, -0.25) is 19.3 Å². The minimum Gasteiger partial charge on any atom is -0.395 e. The highest BCUT2D eigenvalue weighted by molar-refractivity contribution is 6.17. The molecular weight excluding hydrogens is 310 g/mol. The maximum atomic E-state index is 12.2. The van der Waals surface area contributed by atoms with E-state index in [0.717, 1.165) is 10.5 Å². The highest BCUT2D eigenvalue weighted by Gasteiger charge is 2.30. The molecule has 128 valence electrons. The van der Waals surface area contributed by atoms with Crippen molar-refractivity contribution in [1.82, 2.24) is 4.90 Å². The van der Waals surface area contributed by atoms with Crippen LogP contribution in [0.4, 0.5) is 11.4 Å². The molecule has 0 aromatic heterocycles. The largest absolute Gasteiger partial charge is 0.395 e. The highest BCUT2D eigenvalue weighted by atomic mass is 16.3. The number of hydrogen-bond donors (Lipinski definition) is 3. The number of nitrogens with zero attached hydrogens (tertiary/aromatic N) is 1. The topological polar surface area (TPSA) is 98.7 Å². The smallest absolute Gasteiger partial charge is 0.277 e. The Balaban J connectivity index is 2.18. The van der Waals surface area contributed by atoms with Crippen molar-refractivity contribution in [3.63, 3.8) is 0 Å². The van der Waals surface area contributed by atoms with Gasteiger partial charge in [0, 0.05) is 23.4 Å². The lowest BCUT2D eigenvalue weighted by Gasteiger charge is -2.15. The summed E-state index contributed by atoms with van der Waals surface area (Å²) in [5.74, 6) is -1.19. The number of carbonyl (C=O) groups excluding carboxylic acids is 3. The lowest BCUT2D eigenvalue weighted by Crippen LogP contribution is -2.34. The van der Waals surface area contributed by atoms with Gasteiger partial charge in [-0.1, -0.05) is 19.9 Å². The minimum absolute atomic E-state index is 0.0389. The van der Waals surface area contributed by atoms with Crippen molar-refractivity contribution >= 4 is 29.1 Å². The third-order valence-corrected chi connectivity index (χ3v) is 3.63. The molecule has 1 aliphatic rings. The summed E-state index contributed by atoms with van der Waals surface area (Å²) >= 11 is 0. The Kier molecular flexibility index (Phi) is 5.35. The van der Waals surface area contributed by atoms with Gasteiger partial charge in [0.25, 0.3) is 11.8 Å². The summed E-state index contributed by atoms with van der Waals surface area (Å²) in [6.07, 6.45) is 1.21. The molecule has 0 fully saturated rings. The van der Waals surface area contributed by atoms with Gasteiger partial charge in [-0.15, -0.1) is 0 Å². The fraction of sp³-hybridized carbons (Fsp3) is 0.353. The number of aliphatic hydroxyl groups excluding tert-OH is 1. The Hall–Kier alpha value is -2.67. The molecule has 0 aliphatic carbocycles. The van der Waals surface area contributed by atoms with Crippen molar-refractivity contribution < 1.29 is 19.5 Å². The Labute approximate surface area is 140 Å². The van der Waals surface area contributed by atoms with Crippen LogP contribution in [0.5, 0.6) is 0 Å². The number of rotatable bonds is 6. The van der Waals surface area contributed by atoms with Crippen LogP contribution in [0.1, 0.15) is 19.4 Å². The number of carbonyl (C=O) groups is 3. The molecule has 2 rings (SSSR count). The lowest BCUT2D eigenvalue weighted by molar-refractivity contribution is -0.137. The van der Waals surface area contributed by atoms with Gasteiger partial charge in [-0.25, -0.2) is 0 Å². The van der Waals surface area contributed by atoms with Gasteiger partial charge in [-0.05, 0) is 24.6 Å². The van der Waals surface area contributed by atoms with Crippen molar-refractivity contribution in [3.05, 3.63) is 35.5 Å². The van der Waals surface area contributed by atoms with E-state index >= 15 is 0 Å². The Morgan fingerprint density at radius 2 is 2.00 bits per heavy atom. The Morgan fingerprint density at radius 1 is 1.29 bits per heavy atom. The van der Waals surface area contributed by atoms with Crippen molar-refractivity contribution in [3.8, 4) is 0 Å². The molecule has 0 unspecified atom stereocenters.